The molecule has 2 aliphatic heterocycles. The second kappa shape index (κ2) is 8.28. The summed E-state index contributed by atoms with van der Waals surface area (Å²) in [5.41, 5.74) is 7.26. The minimum Gasteiger partial charge on any atom is -0.478 e. The predicted molar refractivity (Wildman–Crippen MR) is 110 cm³/mol. The van der Waals surface area contributed by atoms with E-state index < -0.39 is 11.6 Å². The van der Waals surface area contributed by atoms with Crippen LogP contribution in [0.15, 0.2) is 17.1 Å². The average molecular weight is 404 g/mol. The molecule has 0 radical (unpaired) electrons. The van der Waals surface area contributed by atoms with Gasteiger partial charge in [-0.1, -0.05) is 0 Å². The summed E-state index contributed by atoms with van der Waals surface area (Å²) in [4.78, 5) is 32.0. The Morgan fingerprint density at radius 3 is 2.41 bits per heavy atom. The lowest BCUT2D eigenvalue weighted by Crippen LogP contribution is -2.50. The molecule has 0 saturated carbocycles. The van der Waals surface area contributed by atoms with Crippen LogP contribution in [0.2, 0.25) is 0 Å². The van der Waals surface area contributed by atoms with Crippen molar-refractivity contribution in [2.45, 2.75) is 32.4 Å². The zero-order valence-electron chi connectivity index (χ0n) is 17.1. The number of piperazine rings is 1. The Morgan fingerprint density at radius 1 is 1.24 bits per heavy atom. The molecule has 0 aromatic heterocycles. The normalized spacial score (nSPS) is 18.0. The van der Waals surface area contributed by atoms with Crippen molar-refractivity contribution in [3.05, 3.63) is 23.3 Å². The van der Waals surface area contributed by atoms with Crippen LogP contribution in [0, 0.1) is 0 Å². The molecule has 0 spiro atoms. The van der Waals surface area contributed by atoms with E-state index in [4.69, 9.17) is 15.2 Å². The van der Waals surface area contributed by atoms with Crippen molar-refractivity contribution in [3.63, 3.8) is 0 Å². The Kier molecular flexibility index (Phi) is 5.97. The molecule has 1 aromatic rings. The molecule has 2 saturated heterocycles. The van der Waals surface area contributed by atoms with E-state index in [1.165, 1.54) is 6.07 Å². The van der Waals surface area contributed by atoms with Gasteiger partial charge in [0.25, 0.3) is 0 Å². The lowest BCUT2D eigenvalue weighted by atomic mass is 10.0. The molecule has 2 heterocycles. The molecule has 2 aliphatic rings. The third kappa shape index (κ3) is 4.97. The van der Waals surface area contributed by atoms with E-state index in [2.05, 4.69) is 9.89 Å². The van der Waals surface area contributed by atoms with Crippen LogP contribution in [0.4, 0.5) is 16.2 Å². The number of hydrogen-bond acceptors (Lipinski definition) is 7. The molecule has 9 heteroatoms. The van der Waals surface area contributed by atoms with Crippen molar-refractivity contribution in [1.82, 2.24) is 4.90 Å². The number of amides is 1. The Balaban J connectivity index is 1.78. The number of benzene rings is 1. The largest absolute Gasteiger partial charge is 0.478 e. The van der Waals surface area contributed by atoms with Crippen LogP contribution in [0.5, 0.6) is 0 Å². The highest BCUT2D eigenvalue weighted by molar-refractivity contribution is 6.03. The third-order valence-corrected chi connectivity index (χ3v) is 4.80. The molecule has 158 valence electrons. The van der Waals surface area contributed by atoms with E-state index in [9.17, 15) is 14.7 Å². The molecule has 1 aromatic carbocycles. The van der Waals surface area contributed by atoms with Crippen molar-refractivity contribution in [2.75, 3.05) is 50.0 Å². The molecule has 9 nitrogen and oxygen atoms in total. The van der Waals surface area contributed by atoms with Crippen LogP contribution >= 0.6 is 0 Å². The van der Waals surface area contributed by atoms with Crippen molar-refractivity contribution in [3.8, 4) is 0 Å². The Hall–Kier alpha value is -2.81. The van der Waals surface area contributed by atoms with E-state index in [1.807, 2.05) is 20.8 Å². The Morgan fingerprint density at radius 2 is 1.90 bits per heavy atom. The minimum atomic E-state index is -1.08. The first-order chi connectivity index (χ1) is 13.7. The lowest BCUT2D eigenvalue weighted by molar-refractivity contribution is 0.0135. The van der Waals surface area contributed by atoms with Gasteiger partial charge in [-0.05, 0) is 32.9 Å². The Labute approximate surface area is 170 Å². The maximum atomic E-state index is 12.3. The van der Waals surface area contributed by atoms with Gasteiger partial charge in [0.15, 0.2) is 0 Å². The molecule has 29 heavy (non-hydrogen) atoms. The van der Waals surface area contributed by atoms with Crippen molar-refractivity contribution >= 4 is 29.7 Å². The highest BCUT2D eigenvalue weighted by atomic mass is 16.6. The van der Waals surface area contributed by atoms with Gasteiger partial charge < -0.3 is 30.1 Å². The van der Waals surface area contributed by atoms with Crippen LogP contribution in [0.3, 0.4) is 0 Å². The fourth-order valence-corrected chi connectivity index (χ4v) is 3.17. The van der Waals surface area contributed by atoms with E-state index in [1.54, 1.807) is 17.2 Å². The summed E-state index contributed by atoms with van der Waals surface area (Å²) >= 11 is 0. The summed E-state index contributed by atoms with van der Waals surface area (Å²) in [7, 11) is 0. The summed E-state index contributed by atoms with van der Waals surface area (Å²) < 4.78 is 10.6. The first-order valence-electron chi connectivity index (χ1n) is 9.65. The number of ether oxygens (including phenoxy) is 2. The molecule has 3 N–H and O–H groups in total. The number of aliphatic imine (C=N–C) groups is 1. The second-order valence-corrected chi connectivity index (χ2v) is 8.19. The van der Waals surface area contributed by atoms with E-state index in [-0.39, 0.29) is 23.4 Å². The van der Waals surface area contributed by atoms with E-state index in [0.717, 1.165) is 5.69 Å². The SMILES string of the molecule is CC(C)(C)OC(=O)N1CCN(c2ccc(C(=O)O)c(N)c2C=NC2COC2)CC1. The fraction of sp³-hybridized carbons (Fsp3) is 0.550. The maximum Gasteiger partial charge on any atom is 0.410 e. The first-order valence-corrected chi connectivity index (χ1v) is 9.65. The quantitative estimate of drug-likeness (QED) is 0.581. The first kappa shape index (κ1) is 20.9. The molecular formula is C20H28N4O5. The van der Waals surface area contributed by atoms with Gasteiger partial charge >= 0.3 is 12.1 Å². The van der Waals surface area contributed by atoms with Gasteiger partial charge in [-0.2, -0.15) is 0 Å². The predicted octanol–water partition coefficient (Wildman–Crippen LogP) is 1.84. The molecule has 0 bridgehead atoms. The minimum absolute atomic E-state index is 0.0486. The van der Waals surface area contributed by atoms with Crippen LogP contribution in [-0.4, -0.2) is 79.3 Å². The number of nitrogens with two attached hydrogens (primary N) is 1. The van der Waals surface area contributed by atoms with Gasteiger partial charge in [-0.25, -0.2) is 9.59 Å². The number of hydrogen-bond donors (Lipinski definition) is 2. The van der Waals surface area contributed by atoms with Gasteiger partial charge in [0, 0.05) is 43.6 Å². The van der Waals surface area contributed by atoms with E-state index in [0.29, 0.717) is 45.0 Å². The van der Waals surface area contributed by atoms with Crippen LogP contribution in [0.25, 0.3) is 0 Å². The number of rotatable bonds is 4. The topological polar surface area (TPSA) is 118 Å². The third-order valence-electron chi connectivity index (χ3n) is 4.80. The molecular weight excluding hydrogens is 376 g/mol. The molecule has 0 atom stereocenters. The van der Waals surface area contributed by atoms with E-state index >= 15 is 0 Å². The number of carboxylic acids is 1. The standard InChI is InChI=1S/C20H28N4O5/c1-20(2,3)29-19(27)24-8-6-23(7-9-24)16-5-4-14(18(25)26)17(21)15(16)10-22-13-11-28-12-13/h4-5,10,13H,6-9,11-12,21H2,1-3H3,(H,25,26). The monoisotopic (exact) mass is 404 g/mol. The number of carbonyl (C=O) groups is 2. The number of anilines is 2. The van der Waals surface area contributed by atoms with Gasteiger partial charge in [0.1, 0.15) is 5.60 Å². The van der Waals surface area contributed by atoms with Crippen molar-refractivity contribution in [2.24, 2.45) is 4.99 Å². The van der Waals surface area contributed by atoms with Crippen LogP contribution in [-0.2, 0) is 9.47 Å². The highest BCUT2D eigenvalue weighted by Gasteiger charge is 2.27. The number of nitrogens with zero attached hydrogens (tertiary/aromatic N) is 3. The molecule has 1 amide bonds. The summed E-state index contributed by atoms with van der Waals surface area (Å²) in [6, 6.07) is 3.33. The van der Waals surface area contributed by atoms with Gasteiger partial charge in [-0.15, -0.1) is 0 Å². The lowest BCUT2D eigenvalue weighted by Gasteiger charge is -2.37. The van der Waals surface area contributed by atoms with Gasteiger partial charge in [0.2, 0.25) is 0 Å². The van der Waals surface area contributed by atoms with Gasteiger partial charge in [0.05, 0.1) is 30.5 Å². The van der Waals surface area contributed by atoms with Crippen LogP contribution < -0.4 is 10.6 Å². The summed E-state index contributed by atoms with van der Waals surface area (Å²) in [5, 5.41) is 9.40. The number of carboxylic acid groups (broad SMARTS) is 1. The second-order valence-electron chi connectivity index (χ2n) is 8.19. The summed E-state index contributed by atoms with van der Waals surface area (Å²) in [6.07, 6.45) is 1.31. The fourth-order valence-electron chi connectivity index (χ4n) is 3.17. The molecule has 2 fully saturated rings. The smallest absolute Gasteiger partial charge is 0.410 e. The number of nitrogen functional groups attached to an aromatic ring is 1. The maximum absolute atomic E-state index is 12.3. The van der Waals surface area contributed by atoms with Crippen molar-refractivity contribution in [1.29, 1.82) is 0 Å². The summed E-state index contributed by atoms with van der Waals surface area (Å²) in [6.45, 7) is 8.80. The zero-order valence-corrected chi connectivity index (χ0v) is 17.1. The zero-order chi connectivity index (χ0) is 21.2. The molecule has 3 rings (SSSR count). The Bertz CT molecular complexity index is 806. The number of aromatic carboxylic acids is 1. The average Bonchev–Trinajstić information content (AvgIpc) is 2.60. The highest BCUT2D eigenvalue weighted by Crippen LogP contribution is 2.29. The summed E-state index contributed by atoms with van der Waals surface area (Å²) in [5.74, 6) is -1.08. The molecule has 0 aliphatic carbocycles. The number of carbonyl (C=O) groups excluding carboxylic acids is 1. The molecule has 0 unspecified atom stereocenters. The van der Waals surface area contributed by atoms with Gasteiger partial charge in [-0.3, -0.25) is 4.99 Å². The van der Waals surface area contributed by atoms with Crippen LogP contribution in [0.1, 0.15) is 36.7 Å². The van der Waals surface area contributed by atoms with Crippen molar-refractivity contribution < 1.29 is 24.2 Å².